The second kappa shape index (κ2) is 6.22. The van der Waals surface area contributed by atoms with Crippen molar-refractivity contribution in [1.29, 1.82) is 0 Å². The van der Waals surface area contributed by atoms with Crippen molar-refractivity contribution in [1.82, 2.24) is 9.80 Å². The average Bonchev–Trinajstić information content (AvgIpc) is 2.49. The Labute approximate surface area is 126 Å². The van der Waals surface area contributed by atoms with Gasteiger partial charge in [-0.3, -0.25) is 9.69 Å². The summed E-state index contributed by atoms with van der Waals surface area (Å²) in [5, 5.41) is 9.64. The lowest BCUT2D eigenvalue weighted by Crippen LogP contribution is -2.60. The summed E-state index contributed by atoms with van der Waals surface area (Å²) in [6, 6.07) is -0.393. The predicted octanol–water partition coefficient (Wildman–Crippen LogP) is 1.37. The van der Waals surface area contributed by atoms with Crippen LogP contribution in [0.2, 0.25) is 0 Å². The minimum absolute atomic E-state index is 0.0128. The lowest BCUT2D eigenvalue weighted by atomic mass is 10.0. The van der Waals surface area contributed by atoms with Crippen LogP contribution in [0.25, 0.3) is 0 Å². The maximum absolute atomic E-state index is 12.5. The molecule has 0 spiro atoms. The van der Waals surface area contributed by atoms with Gasteiger partial charge in [0.2, 0.25) is 5.91 Å². The summed E-state index contributed by atoms with van der Waals surface area (Å²) in [5.74, 6) is -0.0128. The highest BCUT2D eigenvalue weighted by atomic mass is 16.6. The molecule has 2 amide bonds. The van der Waals surface area contributed by atoms with E-state index in [9.17, 15) is 14.7 Å². The number of amides is 2. The molecule has 2 rings (SSSR count). The third kappa shape index (κ3) is 4.09. The molecule has 21 heavy (non-hydrogen) atoms. The van der Waals surface area contributed by atoms with E-state index in [2.05, 4.69) is 0 Å². The number of nitrogens with zero attached hydrogens (tertiary/aromatic N) is 2. The molecule has 0 radical (unpaired) electrons. The summed E-state index contributed by atoms with van der Waals surface area (Å²) in [6.45, 7) is 7.25. The Morgan fingerprint density at radius 1 is 1.10 bits per heavy atom. The normalized spacial score (nSPS) is 26.9. The van der Waals surface area contributed by atoms with Crippen LogP contribution in [0, 0.1) is 0 Å². The zero-order valence-corrected chi connectivity index (χ0v) is 13.2. The molecule has 0 unspecified atom stereocenters. The van der Waals surface area contributed by atoms with Gasteiger partial charge in [0.05, 0.1) is 6.10 Å². The largest absolute Gasteiger partial charge is 0.444 e. The Kier molecular flexibility index (Phi) is 4.76. The van der Waals surface area contributed by atoms with E-state index < -0.39 is 17.7 Å². The Morgan fingerprint density at radius 2 is 1.81 bits per heavy atom. The Morgan fingerprint density at radius 3 is 2.38 bits per heavy atom. The van der Waals surface area contributed by atoms with Crippen LogP contribution in [0.3, 0.4) is 0 Å². The number of likely N-dealkylation sites (tertiary alicyclic amines) is 2. The molecule has 2 atom stereocenters. The molecule has 6 heteroatoms. The molecule has 6 nitrogen and oxygen atoms in total. The van der Waals surface area contributed by atoms with Crippen molar-refractivity contribution >= 4 is 12.0 Å². The van der Waals surface area contributed by atoms with E-state index in [4.69, 9.17) is 4.74 Å². The Hall–Kier alpha value is -1.30. The molecule has 1 N–H and O–H groups in total. The molecule has 2 heterocycles. The van der Waals surface area contributed by atoms with Crippen molar-refractivity contribution in [3.05, 3.63) is 0 Å². The van der Waals surface area contributed by atoms with Crippen LogP contribution in [0.4, 0.5) is 4.79 Å². The number of ether oxygens (including phenoxy) is 1. The fourth-order valence-electron chi connectivity index (χ4n) is 2.69. The molecule has 0 aromatic heterocycles. The summed E-state index contributed by atoms with van der Waals surface area (Å²) in [6.07, 6.45) is 2.13. The third-order valence-corrected chi connectivity index (χ3v) is 3.94. The summed E-state index contributed by atoms with van der Waals surface area (Å²) >= 11 is 0. The fourth-order valence-corrected chi connectivity index (χ4v) is 2.69. The predicted molar refractivity (Wildman–Crippen MR) is 77.8 cm³/mol. The topological polar surface area (TPSA) is 70.1 Å². The minimum Gasteiger partial charge on any atom is -0.444 e. The van der Waals surface area contributed by atoms with Gasteiger partial charge < -0.3 is 14.7 Å². The van der Waals surface area contributed by atoms with E-state index in [-0.39, 0.29) is 12.0 Å². The first-order valence-corrected chi connectivity index (χ1v) is 7.74. The number of hydrogen-bond acceptors (Lipinski definition) is 4. The van der Waals surface area contributed by atoms with Crippen molar-refractivity contribution < 1.29 is 19.4 Å². The molecule has 2 aliphatic rings. The molecule has 2 fully saturated rings. The quantitative estimate of drug-likeness (QED) is 0.794. The maximum Gasteiger partial charge on any atom is 0.410 e. The zero-order valence-electron chi connectivity index (χ0n) is 13.2. The molecular weight excluding hydrogens is 272 g/mol. The monoisotopic (exact) mass is 298 g/mol. The lowest BCUT2D eigenvalue weighted by molar-refractivity contribution is -0.141. The van der Waals surface area contributed by atoms with E-state index >= 15 is 0 Å². The molecule has 0 aromatic rings. The van der Waals surface area contributed by atoms with Gasteiger partial charge >= 0.3 is 6.09 Å². The SMILES string of the molecule is CC(C)(C)OC(=O)N1CC[C@@H]1C(=O)N1CCC[C@@H](O)CC1. The first-order valence-electron chi connectivity index (χ1n) is 7.74. The van der Waals surface area contributed by atoms with E-state index in [1.54, 1.807) is 4.90 Å². The molecule has 0 saturated carbocycles. The molecule has 0 aliphatic carbocycles. The van der Waals surface area contributed by atoms with Gasteiger partial charge in [-0.25, -0.2) is 4.79 Å². The standard InChI is InChI=1S/C15H26N2O4/c1-15(2,3)21-14(20)17-10-7-12(17)13(19)16-8-4-5-11(18)6-9-16/h11-12,18H,4-10H2,1-3H3/t11-,12-/m1/s1. The summed E-state index contributed by atoms with van der Waals surface area (Å²) in [4.78, 5) is 27.9. The summed E-state index contributed by atoms with van der Waals surface area (Å²) < 4.78 is 5.33. The van der Waals surface area contributed by atoms with Crippen molar-refractivity contribution in [2.75, 3.05) is 19.6 Å². The van der Waals surface area contributed by atoms with Crippen LogP contribution < -0.4 is 0 Å². The van der Waals surface area contributed by atoms with Gasteiger partial charge in [-0.1, -0.05) is 0 Å². The van der Waals surface area contributed by atoms with E-state index in [0.717, 1.165) is 12.8 Å². The van der Waals surface area contributed by atoms with Gasteiger partial charge in [0.25, 0.3) is 0 Å². The zero-order chi connectivity index (χ0) is 15.6. The summed E-state index contributed by atoms with van der Waals surface area (Å²) in [5.41, 5.74) is -0.549. The van der Waals surface area contributed by atoms with Crippen molar-refractivity contribution in [3.8, 4) is 0 Å². The van der Waals surface area contributed by atoms with Crippen molar-refractivity contribution in [2.24, 2.45) is 0 Å². The van der Waals surface area contributed by atoms with Gasteiger partial charge in [0.1, 0.15) is 11.6 Å². The van der Waals surface area contributed by atoms with Crippen LogP contribution in [-0.2, 0) is 9.53 Å². The number of carbonyl (C=O) groups excluding carboxylic acids is 2. The first-order chi connectivity index (χ1) is 9.78. The highest BCUT2D eigenvalue weighted by Crippen LogP contribution is 2.24. The van der Waals surface area contributed by atoms with Crippen molar-refractivity contribution in [3.63, 3.8) is 0 Å². The molecule has 0 aromatic carbocycles. The van der Waals surface area contributed by atoms with Gasteiger partial charge in [-0.05, 0) is 46.5 Å². The van der Waals surface area contributed by atoms with Crippen LogP contribution in [-0.4, -0.2) is 64.3 Å². The number of rotatable bonds is 1. The van der Waals surface area contributed by atoms with E-state index in [1.807, 2.05) is 20.8 Å². The van der Waals surface area contributed by atoms with Gasteiger partial charge in [0, 0.05) is 19.6 Å². The molecule has 120 valence electrons. The molecule has 0 bridgehead atoms. The number of aliphatic hydroxyl groups is 1. The second-order valence-electron chi connectivity index (χ2n) is 6.89. The highest BCUT2D eigenvalue weighted by Gasteiger charge is 2.41. The van der Waals surface area contributed by atoms with Crippen LogP contribution >= 0.6 is 0 Å². The lowest BCUT2D eigenvalue weighted by Gasteiger charge is -2.42. The summed E-state index contributed by atoms with van der Waals surface area (Å²) in [7, 11) is 0. The average molecular weight is 298 g/mol. The third-order valence-electron chi connectivity index (χ3n) is 3.94. The molecule has 2 saturated heterocycles. The highest BCUT2D eigenvalue weighted by molar-refractivity contribution is 5.87. The van der Waals surface area contributed by atoms with E-state index in [1.165, 1.54) is 4.90 Å². The second-order valence-corrected chi connectivity index (χ2v) is 6.89. The van der Waals surface area contributed by atoms with Crippen LogP contribution in [0.5, 0.6) is 0 Å². The minimum atomic E-state index is -0.549. The maximum atomic E-state index is 12.5. The number of aliphatic hydroxyl groups excluding tert-OH is 1. The Bertz CT molecular complexity index is 405. The fraction of sp³-hybridized carbons (Fsp3) is 0.867. The number of hydrogen-bond donors (Lipinski definition) is 1. The van der Waals surface area contributed by atoms with Crippen LogP contribution in [0.1, 0.15) is 46.5 Å². The van der Waals surface area contributed by atoms with Crippen molar-refractivity contribution in [2.45, 2.75) is 64.2 Å². The Balaban J connectivity index is 1.92. The van der Waals surface area contributed by atoms with Crippen LogP contribution in [0.15, 0.2) is 0 Å². The molecular formula is C15H26N2O4. The number of carbonyl (C=O) groups is 2. The first kappa shape index (κ1) is 16.1. The van der Waals surface area contributed by atoms with Gasteiger partial charge in [-0.2, -0.15) is 0 Å². The smallest absolute Gasteiger partial charge is 0.410 e. The van der Waals surface area contributed by atoms with E-state index in [0.29, 0.717) is 32.5 Å². The molecule has 2 aliphatic heterocycles. The van der Waals surface area contributed by atoms with Gasteiger partial charge in [-0.15, -0.1) is 0 Å². The van der Waals surface area contributed by atoms with Gasteiger partial charge in [0.15, 0.2) is 0 Å².